The summed E-state index contributed by atoms with van der Waals surface area (Å²) < 4.78 is 44.1. The van der Waals surface area contributed by atoms with Crippen LogP contribution in [0.4, 0.5) is 24.5 Å². The maximum Gasteiger partial charge on any atom is 0.430 e. The third-order valence-electron chi connectivity index (χ3n) is 3.66. The van der Waals surface area contributed by atoms with E-state index in [0.29, 0.717) is 11.1 Å². The van der Waals surface area contributed by atoms with Gasteiger partial charge >= 0.3 is 6.18 Å². The van der Waals surface area contributed by atoms with Crippen LogP contribution >= 0.6 is 0 Å². The van der Waals surface area contributed by atoms with Crippen molar-refractivity contribution < 1.29 is 22.7 Å². The van der Waals surface area contributed by atoms with Crippen LogP contribution in [-0.2, 0) is 4.74 Å². The maximum absolute atomic E-state index is 13.1. The topological polar surface area (TPSA) is 51.0 Å². The Bertz CT molecular complexity index is 872. The van der Waals surface area contributed by atoms with Gasteiger partial charge in [-0.15, -0.1) is 0 Å². The minimum Gasteiger partial charge on any atom is -0.484 e. The van der Waals surface area contributed by atoms with Crippen molar-refractivity contribution in [3.05, 3.63) is 59.7 Å². The number of carbonyl (C=O) groups excluding carboxylic acids is 1. The van der Waals surface area contributed by atoms with Gasteiger partial charge in [-0.2, -0.15) is 13.2 Å². The Morgan fingerprint density at radius 2 is 1.72 bits per heavy atom. The maximum atomic E-state index is 13.1. The molecule has 0 spiro atoms. The van der Waals surface area contributed by atoms with Gasteiger partial charge in [0.2, 0.25) is 0 Å². The molecule has 0 aliphatic carbocycles. The number of aliphatic imine (C=N–C) groups is 2. The van der Waals surface area contributed by atoms with E-state index in [1.54, 1.807) is 30.3 Å². The van der Waals surface area contributed by atoms with E-state index >= 15 is 0 Å². The summed E-state index contributed by atoms with van der Waals surface area (Å²) in [5.74, 6) is -0.360. The Hall–Kier alpha value is -2.96. The van der Waals surface area contributed by atoms with E-state index in [2.05, 4.69) is 9.98 Å². The molecule has 0 saturated carbocycles. The van der Waals surface area contributed by atoms with Gasteiger partial charge in [-0.1, -0.05) is 30.3 Å². The number of benzene rings is 2. The number of fused-ring (bicyclic) bond motifs is 1. The van der Waals surface area contributed by atoms with Gasteiger partial charge in [0.25, 0.3) is 0 Å². The summed E-state index contributed by atoms with van der Waals surface area (Å²) in [6.07, 6.45) is -5.14. The Labute approximate surface area is 141 Å². The number of ether oxygens (including phenoxy) is 1. The molecule has 25 heavy (non-hydrogen) atoms. The number of rotatable bonds is 2. The van der Waals surface area contributed by atoms with Crippen LogP contribution in [0.3, 0.4) is 0 Å². The normalized spacial score (nSPS) is 14.1. The molecular weight excluding hydrogens is 333 g/mol. The molecule has 0 amide bonds. The van der Waals surface area contributed by atoms with E-state index in [9.17, 15) is 18.0 Å². The highest BCUT2D eigenvalue weighted by Crippen LogP contribution is 2.35. The molecular formula is C18H13F3N2O2. The molecule has 0 aromatic heterocycles. The van der Waals surface area contributed by atoms with Gasteiger partial charge in [0.1, 0.15) is 5.71 Å². The van der Waals surface area contributed by atoms with E-state index in [-0.39, 0.29) is 23.1 Å². The fraction of sp³-hybridized carbons (Fsp3) is 0.167. The van der Waals surface area contributed by atoms with Crippen LogP contribution in [0.2, 0.25) is 0 Å². The molecule has 0 radical (unpaired) electrons. The van der Waals surface area contributed by atoms with Crippen LogP contribution in [0.25, 0.3) is 0 Å². The fourth-order valence-corrected chi connectivity index (χ4v) is 2.39. The number of hydrogen-bond donors (Lipinski definition) is 0. The highest BCUT2D eigenvalue weighted by atomic mass is 19.4. The Morgan fingerprint density at radius 3 is 2.36 bits per heavy atom. The number of carbonyl (C=O) groups is 1. The molecule has 2 aromatic carbocycles. The van der Waals surface area contributed by atoms with Crippen molar-refractivity contribution in [2.45, 2.75) is 12.6 Å². The lowest BCUT2D eigenvalue weighted by Crippen LogP contribution is -2.25. The predicted molar refractivity (Wildman–Crippen MR) is 88.2 cm³/mol. The first-order valence-corrected chi connectivity index (χ1v) is 7.38. The van der Waals surface area contributed by atoms with Crippen LogP contribution in [-0.4, -0.2) is 30.7 Å². The first kappa shape index (κ1) is 16.9. The quantitative estimate of drug-likeness (QED) is 0.744. The zero-order chi connectivity index (χ0) is 18.0. The molecule has 1 heterocycles. The van der Waals surface area contributed by atoms with Crippen molar-refractivity contribution in [2.75, 3.05) is 7.11 Å². The molecule has 0 saturated heterocycles. The number of methoxy groups -OCH3 is 1. The average molecular weight is 346 g/mol. The van der Waals surface area contributed by atoms with Crippen LogP contribution in [0, 0.1) is 0 Å². The van der Waals surface area contributed by atoms with Gasteiger partial charge in [-0.25, -0.2) is 9.98 Å². The molecule has 128 valence electrons. The summed E-state index contributed by atoms with van der Waals surface area (Å²) in [5, 5.41) is 0. The lowest BCUT2D eigenvalue weighted by molar-refractivity contribution is -0.0598. The summed E-state index contributed by atoms with van der Waals surface area (Å²) in [7, 11) is 1.25. The highest BCUT2D eigenvalue weighted by Gasteiger charge is 2.37. The molecule has 0 fully saturated rings. The third kappa shape index (κ3) is 3.60. The van der Waals surface area contributed by atoms with Crippen molar-refractivity contribution in [2.24, 2.45) is 9.98 Å². The summed E-state index contributed by atoms with van der Waals surface area (Å²) in [6.45, 7) is 0. The van der Waals surface area contributed by atoms with Gasteiger partial charge < -0.3 is 4.74 Å². The van der Waals surface area contributed by atoms with E-state index in [1.165, 1.54) is 25.3 Å². The van der Waals surface area contributed by atoms with E-state index in [0.717, 1.165) is 0 Å². The lowest BCUT2D eigenvalue weighted by Gasteiger charge is -2.09. The summed E-state index contributed by atoms with van der Waals surface area (Å²) >= 11 is 0. The Morgan fingerprint density at radius 1 is 1.00 bits per heavy atom. The second kappa shape index (κ2) is 6.51. The first-order chi connectivity index (χ1) is 11.9. The summed E-state index contributed by atoms with van der Waals surface area (Å²) in [5.41, 5.74) is 0.0113. The van der Waals surface area contributed by atoms with E-state index in [1.807, 2.05) is 0 Å². The Kier molecular flexibility index (Phi) is 4.39. The monoisotopic (exact) mass is 346 g/mol. The van der Waals surface area contributed by atoms with Crippen LogP contribution in [0.1, 0.15) is 22.3 Å². The predicted octanol–water partition coefficient (Wildman–Crippen LogP) is 4.63. The van der Waals surface area contributed by atoms with Crippen LogP contribution in [0.15, 0.2) is 58.5 Å². The highest BCUT2D eigenvalue weighted by molar-refractivity contribution is 6.11. The first-order valence-electron chi connectivity index (χ1n) is 7.38. The SMILES string of the molecule is COC1=Nc2cc(C(=O)c3ccccc3)ccc2N=C(C(F)(F)F)C1. The van der Waals surface area contributed by atoms with Crippen molar-refractivity contribution >= 4 is 28.8 Å². The van der Waals surface area contributed by atoms with Crippen molar-refractivity contribution in [1.82, 2.24) is 0 Å². The molecule has 0 atom stereocenters. The summed E-state index contributed by atoms with van der Waals surface area (Å²) in [6, 6.07) is 12.8. The van der Waals surface area contributed by atoms with Crippen LogP contribution in [0.5, 0.6) is 0 Å². The standard InChI is InChI=1S/C18H13F3N2O2/c1-25-16-10-15(18(19,20)21)22-13-8-7-12(9-14(13)23-16)17(24)11-5-3-2-4-6-11/h2-9H,10H2,1H3. The average Bonchev–Trinajstić information content (AvgIpc) is 2.80. The van der Waals surface area contributed by atoms with Crippen molar-refractivity contribution in [1.29, 1.82) is 0 Å². The molecule has 2 aromatic rings. The zero-order valence-electron chi connectivity index (χ0n) is 13.2. The fourth-order valence-electron chi connectivity index (χ4n) is 2.39. The number of ketones is 1. The van der Waals surface area contributed by atoms with Gasteiger partial charge in [-0.05, 0) is 18.2 Å². The molecule has 1 aliphatic rings. The lowest BCUT2D eigenvalue weighted by atomic mass is 10.0. The second-order valence-corrected chi connectivity index (χ2v) is 5.34. The largest absolute Gasteiger partial charge is 0.484 e. The minimum absolute atomic E-state index is 0.0454. The smallest absolute Gasteiger partial charge is 0.430 e. The van der Waals surface area contributed by atoms with E-state index in [4.69, 9.17) is 4.74 Å². The molecule has 0 bridgehead atoms. The van der Waals surface area contributed by atoms with Crippen molar-refractivity contribution in [3.8, 4) is 0 Å². The van der Waals surface area contributed by atoms with Gasteiger partial charge in [0.05, 0.1) is 24.9 Å². The number of halogens is 3. The zero-order valence-corrected chi connectivity index (χ0v) is 13.2. The summed E-state index contributed by atoms with van der Waals surface area (Å²) in [4.78, 5) is 20.3. The van der Waals surface area contributed by atoms with E-state index < -0.39 is 18.3 Å². The molecule has 3 rings (SSSR count). The molecule has 0 N–H and O–H groups in total. The molecule has 1 aliphatic heterocycles. The van der Waals surface area contributed by atoms with Gasteiger partial charge in [-0.3, -0.25) is 4.79 Å². The minimum atomic E-state index is -4.58. The number of alkyl halides is 3. The Balaban J connectivity index is 2.06. The number of hydrogen-bond acceptors (Lipinski definition) is 4. The molecule has 0 unspecified atom stereocenters. The molecule has 7 heteroatoms. The van der Waals surface area contributed by atoms with Gasteiger partial charge in [0.15, 0.2) is 11.7 Å². The van der Waals surface area contributed by atoms with Crippen LogP contribution < -0.4 is 0 Å². The second-order valence-electron chi connectivity index (χ2n) is 5.34. The molecule has 4 nitrogen and oxygen atoms in total. The van der Waals surface area contributed by atoms with Gasteiger partial charge in [0, 0.05) is 11.1 Å². The number of nitrogens with zero attached hydrogens (tertiary/aromatic N) is 2. The van der Waals surface area contributed by atoms with Crippen molar-refractivity contribution in [3.63, 3.8) is 0 Å². The third-order valence-corrected chi connectivity index (χ3v) is 3.66.